The maximum Gasteiger partial charge on any atom is 0.407 e. The van der Waals surface area contributed by atoms with E-state index in [-0.39, 0.29) is 31.8 Å². The Morgan fingerprint density at radius 3 is 2.35 bits per heavy atom. The Balaban J connectivity index is 1.30. The fourth-order valence-corrected chi connectivity index (χ4v) is 4.33. The largest absolute Gasteiger partial charge is 0.481 e. The number of carbonyl (C=O) groups excluding carboxylic acids is 2. The minimum atomic E-state index is -1.26. The van der Waals surface area contributed by atoms with Crippen molar-refractivity contribution in [1.29, 1.82) is 0 Å². The van der Waals surface area contributed by atoms with Crippen LogP contribution in [0.25, 0.3) is 11.1 Å². The van der Waals surface area contributed by atoms with E-state index in [0.717, 1.165) is 28.7 Å². The van der Waals surface area contributed by atoms with Crippen LogP contribution in [0.4, 0.5) is 4.79 Å². The van der Waals surface area contributed by atoms with Gasteiger partial charge in [0.05, 0.1) is 25.7 Å². The molecule has 9 nitrogen and oxygen atoms in total. The molecule has 2 aromatic carbocycles. The molecule has 2 aliphatic rings. The van der Waals surface area contributed by atoms with Crippen molar-refractivity contribution in [2.75, 3.05) is 33.0 Å². The first-order chi connectivity index (χ1) is 16.5. The zero-order chi connectivity index (χ0) is 23.9. The number of carboxylic acid groups (broad SMARTS) is 1. The van der Waals surface area contributed by atoms with Gasteiger partial charge in [-0.1, -0.05) is 48.5 Å². The summed E-state index contributed by atoms with van der Waals surface area (Å²) in [6.45, 7) is 1.71. The summed E-state index contributed by atoms with van der Waals surface area (Å²) in [5.74, 6) is -1.96. The number of benzene rings is 2. The SMILES string of the molecule is O=C(O)CC(NC(=O)OCC1c2ccccc2-c2ccccc21)C(=O)NCCOC1CCOC1. The van der Waals surface area contributed by atoms with Crippen LogP contribution in [-0.4, -0.2) is 68.2 Å². The number of alkyl carbamates (subject to hydrolysis) is 1. The Hall–Kier alpha value is -3.43. The van der Waals surface area contributed by atoms with Crippen molar-refractivity contribution >= 4 is 18.0 Å². The van der Waals surface area contributed by atoms with Crippen molar-refractivity contribution in [2.24, 2.45) is 0 Å². The Morgan fingerprint density at radius 2 is 1.74 bits per heavy atom. The number of fused-ring (bicyclic) bond motifs is 3. The molecule has 0 radical (unpaired) electrons. The highest BCUT2D eigenvalue weighted by molar-refractivity contribution is 5.89. The average molecular weight is 469 g/mol. The van der Waals surface area contributed by atoms with Crippen molar-refractivity contribution in [3.8, 4) is 11.1 Å². The summed E-state index contributed by atoms with van der Waals surface area (Å²) in [6, 6.07) is 14.6. The second kappa shape index (κ2) is 11.1. The van der Waals surface area contributed by atoms with Gasteiger partial charge in [0, 0.05) is 19.1 Å². The van der Waals surface area contributed by atoms with Crippen LogP contribution >= 0.6 is 0 Å². The highest BCUT2D eigenvalue weighted by Crippen LogP contribution is 2.44. The van der Waals surface area contributed by atoms with Crippen molar-refractivity contribution in [1.82, 2.24) is 10.6 Å². The first kappa shape index (κ1) is 23.7. The van der Waals surface area contributed by atoms with Crippen molar-refractivity contribution in [3.05, 3.63) is 59.7 Å². The summed E-state index contributed by atoms with van der Waals surface area (Å²) in [5, 5.41) is 14.2. The quantitative estimate of drug-likeness (QED) is 0.457. The molecule has 0 bridgehead atoms. The van der Waals surface area contributed by atoms with Crippen LogP contribution in [-0.2, 0) is 23.8 Å². The standard InChI is InChI=1S/C25H28N2O7/c28-23(29)13-22(24(30)26-10-12-33-16-9-11-32-14-16)27-25(31)34-15-21-19-7-3-1-5-17(19)18-6-2-4-8-20(18)21/h1-8,16,21-22H,9-15H2,(H,26,30)(H,27,31)(H,28,29). The van der Waals surface area contributed by atoms with Crippen LogP contribution in [0.3, 0.4) is 0 Å². The molecular weight excluding hydrogens is 440 g/mol. The summed E-state index contributed by atoms with van der Waals surface area (Å²) < 4.78 is 16.2. The van der Waals surface area contributed by atoms with Gasteiger partial charge in [-0.3, -0.25) is 9.59 Å². The van der Waals surface area contributed by atoms with Gasteiger partial charge in [0.25, 0.3) is 0 Å². The lowest BCUT2D eigenvalue weighted by Gasteiger charge is -2.19. The lowest BCUT2D eigenvalue weighted by Crippen LogP contribution is -2.48. The van der Waals surface area contributed by atoms with Gasteiger partial charge >= 0.3 is 12.1 Å². The van der Waals surface area contributed by atoms with Crippen LogP contribution < -0.4 is 10.6 Å². The third-order valence-electron chi connectivity index (χ3n) is 5.97. The summed E-state index contributed by atoms with van der Waals surface area (Å²) >= 11 is 0. The minimum absolute atomic E-state index is 0.00525. The van der Waals surface area contributed by atoms with Gasteiger partial charge in [0.2, 0.25) is 5.91 Å². The lowest BCUT2D eigenvalue weighted by molar-refractivity contribution is -0.139. The third-order valence-corrected chi connectivity index (χ3v) is 5.97. The van der Waals surface area contributed by atoms with Crippen LogP contribution in [0, 0.1) is 0 Å². The monoisotopic (exact) mass is 468 g/mol. The smallest absolute Gasteiger partial charge is 0.407 e. The number of rotatable bonds is 10. The van der Waals surface area contributed by atoms with E-state index >= 15 is 0 Å². The number of ether oxygens (including phenoxy) is 3. The normalized spacial score (nSPS) is 17.5. The predicted molar refractivity (Wildman–Crippen MR) is 122 cm³/mol. The molecule has 1 aliphatic heterocycles. The maximum absolute atomic E-state index is 12.5. The fourth-order valence-electron chi connectivity index (χ4n) is 4.33. The Bertz CT molecular complexity index is 990. The average Bonchev–Trinajstić information content (AvgIpc) is 3.46. The molecule has 0 aromatic heterocycles. The number of hydrogen-bond donors (Lipinski definition) is 3. The second-order valence-corrected chi connectivity index (χ2v) is 8.27. The number of nitrogens with one attached hydrogen (secondary N) is 2. The molecule has 1 saturated heterocycles. The number of aliphatic carboxylic acids is 1. The number of hydrogen-bond acceptors (Lipinski definition) is 6. The molecule has 0 saturated carbocycles. The third kappa shape index (κ3) is 5.73. The molecule has 34 heavy (non-hydrogen) atoms. The zero-order valence-corrected chi connectivity index (χ0v) is 18.7. The molecule has 1 heterocycles. The second-order valence-electron chi connectivity index (χ2n) is 8.27. The summed E-state index contributed by atoms with van der Waals surface area (Å²) in [4.78, 5) is 36.2. The highest BCUT2D eigenvalue weighted by atomic mass is 16.6. The number of amides is 2. The van der Waals surface area contributed by atoms with Gasteiger partial charge in [0.1, 0.15) is 12.6 Å². The molecule has 2 amide bonds. The molecule has 0 spiro atoms. The number of carboxylic acids is 1. The topological polar surface area (TPSA) is 123 Å². The van der Waals surface area contributed by atoms with Gasteiger partial charge in [-0.25, -0.2) is 4.79 Å². The van der Waals surface area contributed by atoms with Crippen molar-refractivity contribution in [3.63, 3.8) is 0 Å². The maximum atomic E-state index is 12.5. The van der Waals surface area contributed by atoms with Crippen LogP contribution in [0.15, 0.2) is 48.5 Å². The summed E-state index contributed by atoms with van der Waals surface area (Å²) in [6.07, 6.45) is -0.597. The molecule has 2 unspecified atom stereocenters. The van der Waals surface area contributed by atoms with E-state index in [2.05, 4.69) is 10.6 Å². The molecule has 1 fully saturated rings. The molecular formula is C25H28N2O7. The predicted octanol–water partition coefficient (Wildman–Crippen LogP) is 2.29. The van der Waals surface area contributed by atoms with Crippen molar-refractivity contribution < 1.29 is 33.7 Å². The van der Waals surface area contributed by atoms with Crippen LogP contribution in [0.2, 0.25) is 0 Å². The first-order valence-corrected chi connectivity index (χ1v) is 11.3. The van der Waals surface area contributed by atoms with Gasteiger partial charge in [-0.2, -0.15) is 0 Å². The lowest BCUT2D eigenvalue weighted by atomic mass is 9.98. The Labute approximate surface area is 197 Å². The molecule has 4 rings (SSSR count). The van der Waals surface area contributed by atoms with Gasteiger partial charge in [-0.15, -0.1) is 0 Å². The van der Waals surface area contributed by atoms with Crippen LogP contribution in [0.1, 0.15) is 29.9 Å². The Kier molecular flexibility index (Phi) is 7.76. The van der Waals surface area contributed by atoms with Crippen molar-refractivity contribution in [2.45, 2.75) is 30.9 Å². The van der Waals surface area contributed by atoms with E-state index in [9.17, 15) is 19.5 Å². The highest BCUT2D eigenvalue weighted by Gasteiger charge is 2.30. The molecule has 1 aliphatic carbocycles. The fraction of sp³-hybridized carbons (Fsp3) is 0.400. The molecule has 3 N–H and O–H groups in total. The van der Waals surface area contributed by atoms with Gasteiger partial charge < -0.3 is 30.0 Å². The van der Waals surface area contributed by atoms with E-state index in [0.29, 0.717) is 13.2 Å². The molecule has 180 valence electrons. The summed E-state index contributed by atoms with van der Waals surface area (Å²) in [5.41, 5.74) is 4.32. The van der Waals surface area contributed by atoms with E-state index in [1.807, 2.05) is 48.5 Å². The summed E-state index contributed by atoms with van der Waals surface area (Å²) in [7, 11) is 0. The van der Waals surface area contributed by atoms with Crippen LogP contribution in [0.5, 0.6) is 0 Å². The van der Waals surface area contributed by atoms with Gasteiger partial charge in [0.15, 0.2) is 0 Å². The van der Waals surface area contributed by atoms with Gasteiger partial charge in [-0.05, 0) is 28.7 Å². The van der Waals surface area contributed by atoms with E-state index < -0.39 is 30.4 Å². The zero-order valence-electron chi connectivity index (χ0n) is 18.7. The molecule has 2 aromatic rings. The first-order valence-electron chi connectivity index (χ1n) is 11.3. The van der Waals surface area contributed by atoms with E-state index in [4.69, 9.17) is 14.2 Å². The van der Waals surface area contributed by atoms with E-state index in [1.165, 1.54) is 0 Å². The number of carbonyl (C=O) groups is 3. The minimum Gasteiger partial charge on any atom is -0.481 e. The molecule has 2 atom stereocenters. The molecule has 9 heteroatoms. The van der Waals surface area contributed by atoms with E-state index in [1.54, 1.807) is 0 Å². The Morgan fingerprint density at radius 1 is 1.06 bits per heavy atom.